The number of fused-ring (bicyclic) bond motifs is 1. The Labute approximate surface area is 174 Å². The number of aromatic nitrogens is 1. The lowest BCUT2D eigenvalue weighted by Gasteiger charge is -2.18. The Kier molecular flexibility index (Phi) is 6.18. The number of esters is 2. The zero-order valence-corrected chi connectivity index (χ0v) is 17.5. The number of halogens is 1. The summed E-state index contributed by atoms with van der Waals surface area (Å²) in [5.41, 5.74) is 1.82. The van der Waals surface area contributed by atoms with Gasteiger partial charge in [-0.2, -0.15) is 0 Å². The molecule has 0 aliphatic carbocycles. The molecular weight excluding hydrogens is 390 g/mol. The minimum absolute atomic E-state index is 0.0713. The zero-order chi connectivity index (χ0) is 21.1. The SMILES string of the molecule is CC(C)OC(=O)c1nc2ccc(Cl)cc2c(-c2ccccc2)c1C(=O)OC(C)C. The Morgan fingerprint density at radius 1 is 0.897 bits per heavy atom. The maximum Gasteiger partial charge on any atom is 0.358 e. The fourth-order valence-electron chi connectivity index (χ4n) is 3.03. The van der Waals surface area contributed by atoms with Crippen molar-refractivity contribution in [2.45, 2.75) is 39.9 Å². The van der Waals surface area contributed by atoms with E-state index in [0.29, 0.717) is 21.5 Å². The van der Waals surface area contributed by atoms with Gasteiger partial charge in [0.25, 0.3) is 0 Å². The van der Waals surface area contributed by atoms with E-state index in [4.69, 9.17) is 21.1 Å². The number of nitrogens with zero attached hydrogens (tertiary/aromatic N) is 1. The first-order valence-corrected chi connectivity index (χ1v) is 9.76. The van der Waals surface area contributed by atoms with Gasteiger partial charge in [-0.05, 0) is 51.5 Å². The molecule has 0 fully saturated rings. The van der Waals surface area contributed by atoms with Gasteiger partial charge in [0.2, 0.25) is 0 Å². The van der Waals surface area contributed by atoms with E-state index in [0.717, 1.165) is 5.56 Å². The average molecular weight is 412 g/mol. The van der Waals surface area contributed by atoms with Crippen molar-refractivity contribution < 1.29 is 19.1 Å². The quantitative estimate of drug-likeness (QED) is 0.505. The molecule has 0 aliphatic rings. The van der Waals surface area contributed by atoms with Crippen LogP contribution in [0.3, 0.4) is 0 Å². The van der Waals surface area contributed by atoms with Gasteiger partial charge >= 0.3 is 11.9 Å². The topological polar surface area (TPSA) is 65.5 Å². The molecule has 0 atom stereocenters. The third-order valence-electron chi connectivity index (χ3n) is 4.09. The molecule has 0 N–H and O–H groups in total. The molecule has 0 spiro atoms. The Balaban J connectivity index is 2.41. The maximum absolute atomic E-state index is 13.1. The second kappa shape index (κ2) is 8.62. The molecule has 0 radical (unpaired) electrons. The molecule has 3 rings (SSSR count). The Morgan fingerprint density at radius 3 is 2.14 bits per heavy atom. The first-order valence-electron chi connectivity index (χ1n) is 9.38. The van der Waals surface area contributed by atoms with Crippen LogP contribution >= 0.6 is 11.6 Å². The second-order valence-electron chi connectivity index (χ2n) is 7.15. The highest BCUT2D eigenvalue weighted by molar-refractivity contribution is 6.31. The molecule has 2 aromatic carbocycles. The van der Waals surface area contributed by atoms with Gasteiger partial charge in [-0.1, -0.05) is 41.9 Å². The summed E-state index contributed by atoms with van der Waals surface area (Å²) in [4.78, 5) is 30.4. The second-order valence-corrected chi connectivity index (χ2v) is 7.58. The number of benzene rings is 2. The van der Waals surface area contributed by atoms with Crippen molar-refractivity contribution in [3.05, 3.63) is 64.8 Å². The van der Waals surface area contributed by atoms with E-state index in [9.17, 15) is 9.59 Å². The highest BCUT2D eigenvalue weighted by Gasteiger charge is 2.29. The van der Waals surface area contributed by atoms with E-state index in [1.54, 1.807) is 45.9 Å². The van der Waals surface area contributed by atoms with Crippen LogP contribution in [0.5, 0.6) is 0 Å². The van der Waals surface area contributed by atoms with Gasteiger partial charge in [0.05, 0.1) is 17.7 Å². The van der Waals surface area contributed by atoms with Gasteiger partial charge in [0, 0.05) is 16.0 Å². The minimum atomic E-state index is -0.676. The molecule has 150 valence electrons. The van der Waals surface area contributed by atoms with Crippen molar-refractivity contribution in [2.24, 2.45) is 0 Å². The molecule has 0 bridgehead atoms. The zero-order valence-electron chi connectivity index (χ0n) is 16.7. The fraction of sp³-hybridized carbons (Fsp3) is 0.261. The van der Waals surface area contributed by atoms with Crippen LogP contribution in [0.15, 0.2) is 48.5 Å². The van der Waals surface area contributed by atoms with Crippen LogP contribution in [-0.4, -0.2) is 29.1 Å². The van der Waals surface area contributed by atoms with E-state index >= 15 is 0 Å². The van der Waals surface area contributed by atoms with Crippen LogP contribution in [0.4, 0.5) is 0 Å². The summed E-state index contributed by atoms with van der Waals surface area (Å²) in [7, 11) is 0. The molecule has 6 heteroatoms. The van der Waals surface area contributed by atoms with E-state index in [-0.39, 0.29) is 23.5 Å². The van der Waals surface area contributed by atoms with E-state index < -0.39 is 11.9 Å². The molecule has 1 aromatic heterocycles. The summed E-state index contributed by atoms with van der Waals surface area (Å²) < 4.78 is 10.8. The number of carbonyl (C=O) groups excluding carboxylic acids is 2. The number of hydrogen-bond acceptors (Lipinski definition) is 5. The van der Waals surface area contributed by atoms with Crippen LogP contribution in [0.2, 0.25) is 5.02 Å². The van der Waals surface area contributed by atoms with Crippen molar-refractivity contribution in [3.63, 3.8) is 0 Å². The van der Waals surface area contributed by atoms with Gasteiger partial charge in [-0.25, -0.2) is 14.6 Å². The molecule has 0 amide bonds. The fourth-order valence-corrected chi connectivity index (χ4v) is 3.20. The number of pyridine rings is 1. The third kappa shape index (κ3) is 4.57. The predicted octanol–water partition coefficient (Wildman–Crippen LogP) is 5.69. The molecule has 1 heterocycles. The van der Waals surface area contributed by atoms with Crippen LogP contribution < -0.4 is 0 Å². The first kappa shape index (κ1) is 20.8. The molecular formula is C23H22ClNO4. The maximum atomic E-state index is 13.1. The smallest absolute Gasteiger partial charge is 0.358 e. The molecule has 0 saturated heterocycles. The van der Waals surface area contributed by atoms with Crippen molar-refractivity contribution in [2.75, 3.05) is 0 Å². The summed E-state index contributed by atoms with van der Waals surface area (Å²) in [6.07, 6.45) is -0.727. The number of rotatable bonds is 5. The molecule has 0 unspecified atom stereocenters. The van der Waals surface area contributed by atoms with Crippen LogP contribution in [0.25, 0.3) is 22.0 Å². The van der Waals surface area contributed by atoms with Gasteiger partial charge in [-0.3, -0.25) is 0 Å². The molecule has 29 heavy (non-hydrogen) atoms. The normalized spacial score (nSPS) is 11.1. The number of hydrogen-bond donors (Lipinski definition) is 0. The predicted molar refractivity (Wildman–Crippen MR) is 113 cm³/mol. The Morgan fingerprint density at radius 2 is 1.52 bits per heavy atom. The van der Waals surface area contributed by atoms with E-state index in [2.05, 4.69) is 4.98 Å². The van der Waals surface area contributed by atoms with Crippen LogP contribution in [0.1, 0.15) is 48.5 Å². The highest BCUT2D eigenvalue weighted by Crippen LogP contribution is 2.35. The van der Waals surface area contributed by atoms with Gasteiger partial charge in [-0.15, -0.1) is 0 Å². The lowest BCUT2D eigenvalue weighted by Crippen LogP contribution is -2.21. The molecule has 3 aromatic rings. The number of ether oxygens (including phenoxy) is 2. The van der Waals surface area contributed by atoms with E-state index in [1.165, 1.54) is 0 Å². The van der Waals surface area contributed by atoms with E-state index in [1.807, 2.05) is 30.3 Å². The van der Waals surface area contributed by atoms with Gasteiger partial charge in [0.1, 0.15) is 5.56 Å². The minimum Gasteiger partial charge on any atom is -0.459 e. The lowest BCUT2D eigenvalue weighted by atomic mass is 9.94. The average Bonchev–Trinajstić information content (AvgIpc) is 2.66. The largest absolute Gasteiger partial charge is 0.459 e. The van der Waals surface area contributed by atoms with Crippen LogP contribution in [0, 0.1) is 0 Å². The molecule has 5 nitrogen and oxygen atoms in total. The summed E-state index contributed by atoms with van der Waals surface area (Å²) in [6, 6.07) is 14.4. The summed E-state index contributed by atoms with van der Waals surface area (Å²) in [6.45, 7) is 6.97. The lowest BCUT2D eigenvalue weighted by molar-refractivity contribution is 0.0323. The van der Waals surface area contributed by atoms with Crippen molar-refractivity contribution in [3.8, 4) is 11.1 Å². The Hall–Kier alpha value is -2.92. The summed E-state index contributed by atoms with van der Waals surface area (Å²) in [5.74, 6) is -1.31. The van der Waals surface area contributed by atoms with Gasteiger partial charge in [0.15, 0.2) is 5.69 Å². The monoisotopic (exact) mass is 411 g/mol. The first-order chi connectivity index (χ1) is 13.8. The van der Waals surface area contributed by atoms with Crippen molar-refractivity contribution >= 4 is 34.4 Å². The number of carbonyl (C=O) groups is 2. The summed E-state index contributed by atoms with van der Waals surface area (Å²) >= 11 is 6.23. The highest BCUT2D eigenvalue weighted by atomic mass is 35.5. The van der Waals surface area contributed by atoms with Crippen molar-refractivity contribution in [1.82, 2.24) is 4.98 Å². The molecule has 0 saturated carbocycles. The van der Waals surface area contributed by atoms with Crippen LogP contribution in [-0.2, 0) is 9.47 Å². The standard InChI is InChI=1S/C23H22ClNO4/c1-13(2)28-22(26)20-19(15-8-6-5-7-9-15)17-12-16(24)10-11-18(17)25-21(20)23(27)29-14(3)4/h5-14H,1-4H3. The third-order valence-corrected chi connectivity index (χ3v) is 4.33. The van der Waals surface area contributed by atoms with Crippen molar-refractivity contribution in [1.29, 1.82) is 0 Å². The van der Waals surface area contributed by atoms with Gasteiger partial charge < -0.3 is 9.47 Å². The Bertz CT molecular complexity index is 1060. The molecule has 0 aliphatic heterocycles. The summed E-state index contributed by atoms with van der Waals surface area (Å²) in [5, 5.41) is 1.15.